The first-order chi connectivity index (χ1) is 7.63. The first-order valence-electron chi connectivity index (χ1n) is 6.75. The normalized spacial score (nSPS) is 25.9. The van der Waals surface area contributed by atoms with Crippen molar-refractivity contribution >= 4 is 0 Å². The highest BCUT2D eigenvalue weighted by Gasteiger charge is 2.21. The van der Waals surface area contributed by atoms with Crippen LogP contribution < -0.4 is 10.6 Å². The van der Waals surface area contributed by atoms with E-state index in [4.69, 9.17) is 0 Å². The van der Waals surface area contributed by atoms with Crippen LogP contribution in [0, 0.1) is 5.92 Å². The van der Waals surface area contributed by atoms with Gasteiger partial charge in [-0.15, -0.1) is 0 Å². The second kappa shape index (κ2) is 7.25. The van der Waals surface area contributed by atoms with Crippen molar-refractivity contribution in [1.29, 1.82) is 0 Å². The van der Waals surface area contributed by atoms with Gasteiger partial charge in [-0.1, -0.05) is 6.92 Å². The van der Waals surface area contributed by atoms with E-state index in [9.17, 15) is 0 Å². The van der Waals surface area contributed by atoms with E-state index in [1.807, 2.05) is 7.05 Å². The third-order valence-electron chi connectivity index (χ3n) is 3.59. The Kier molecular flexibility index (Phi) is 6.32. The third kappa shape index (κ3) is 4.81. The lowest BCUT2D eigenvalue weighted by Crippen LogP contribution is -2.39. The molecule has 0 spiro atoms. The van der Waals surface area contributed by atoms with Crippen LogP contribution in [0.2, 0.25) is 0 Å². The number of hydrogen-bond acceptors (Lipinski definition) is 3. The molecule has 3 heteroatoms. The molecule has 3 nitrogen and oxygen atoms in total. The molecule has 1 fully saturated rings. The van der Waals surface area contributed by atoms with Crippen LogP contribution in [0.1, 0.15) is 33.6 Å². The van der Waals surface area contributed by atoms with Gasteiger partial charge in [-0.2, -0.15) is 0 Å². The molecule has 0 saturated carbocycles. The molecule has 0 aromatic carbocycles. The highest BCUT2D eigenvalue weighted by atomic mass is 15.2. The molecule has 1 saturated heterocycles. The third-order valence-corrected chi connectivity index (χ3v) is 3.59. The Labute approximate surface area is 101 Å². The predicted octanol–water partition coefficient (Wildman–Crippen LogP) is 1.30. The molecule has 16 heavy (non-hydrogen) atoms. The smallest absolute Gasteiger partial charge is 0.0109 e. The van der Waals surface area contributed by atoms with Crippen LogP contribution >= 0.6 is 0 Å². The van der Waals surface area contributed by atoms with Crippen LogP contribution in [-0.2, 0) is 0 Å². The zero-order valence-electron chi connectivity index (χ0n) is 11.4. The van der Waals surface area contributed by atoms with Gasteiger partial charge in [0.1, 0.15) is 0 Å². The minimum absolute atomic E-state index is 0.659. The molecular weight excluding hydrogens is 198 g/mol. The van der Waals surface area contributed by atoms with Crippen molar-refractivity contribution in [3.63, 3.8) is 0 Å². The van der Waals surface area contributed by atoms with Crippen LogP contribution in [-0.4, -0.2) is 50.2 Å². The van der Waals surface area contributed by atoms with E-state index >= 15 is 0 Å². The van der Waals surface area contributed by atoms with Crippen molar-refractivity contribution in [3.05, 3.63) is 0 Å². The predicted molar refractivity (Wildman–Crippen MR) is 70.8 cm³/mol. The first-order valence-corrected chi connectivity index (χ1v) is 6.75. The molecule has 0 amide bonds. The number of nitrogens with zero attached hydrogens (tertiary/aromatic N) is 1. The van der Waals surface area contributed by atoms with E-state index in [0.717, 1.165) is 25.0 Å². The Bertz CT molecular complexity index is 182. The summed E-state index contributed by atoms with van der Waals surface area (Å²) in [5, 5.41) is 6.85. The average molecular weight is 227 g/mol. The van der Waals surface area contributed by atoms with Crippen molar-refractivity contribution < 1.29 is 0 Å². The van der Waals surface area contributed by atoms with Gasteiger partial charge in [0.15, 0.2) is 0 Å². The lowest BCUT2D eigenvalue weighted by Gasteiger charge is -2.27. The summed E-state index contributed by atoms with van der Waals surface area (Å²) in [5.41, 5.74) is 0. The van der Waals surface area contributed by atoms with Crippen molar-refractivity contribution in [2.45, 2.75) is 45.7 Å². The molecule has 2 N–H and O–H groups in total. The summed E-state index contributed by atoms with van der Waals surface area (Å²) in [6.07, 6.45) is 2.66. The van der Waals surface area contributed by atoms with Gasteiger partial charge in [-0.05, 0) is 52.7 Å². The lowest BCUT2D eigenvalue weighted by atomic mass is 10.1. The molecule has 0 bridgehead atoms. The summed E-state index contributed by atoms with van der Waals surface area (Å²) >= 11 is 0. The van der Waals surface area contributed by atoms with Crippen molar-refractivity contribution in [3.8, 4) is 0 Å². The van der Waals surface area contributed by atoms with E-state index in [1.165, 1.54) is 25.9 Å². The summed E-state index contributed by atoms with van der Waals surface area (Å²) in [5.74, 6) is 0.870. The molecule has 2 unspecified atom stereocenters. The zero-order chi connectivity index (χ0) is 12.0. The largest absolute Gasteiger partial charge is 0.318 e. The van der Waals surface area contributed by atoms with Gasteiger partial charge in [-0.3, -0.25) is 4.90 Å². The molecule has 1 rings (SSSR count). The van der Waals surface area contributed by atoms with E-state index in [1.54, 1.807) is 0 Å². The molecule has 0 aromatic heterocycles. The van der Waals surface area contributed by atoms with Gasteiger partial charge in [0.05, 0.1) is 0 Å². The van der Waals surface area contributed by atoms with E-state index in [-0.39, 0.29) is 0 Å². The maximum absolute atomic E-state index is 3.61. The fraction of sp³-hybridized carbons (Fsp3) is 1.00. The zero-order valence-corrected chi connectivity index (χ0v) is 11.4. The topological polar surface area (TPSA) is 27.3 Å². The Balaban J connectivity index is 2.21. The van der Waals surface area contributed by atoms with Crippen molar-refractivity contribution in [1.82, 2.24) is 15.5 Å². The van der Waals surface area contributed by atoms with Gasteiger partial charge in [0, 0.05) is 25.2 Å². The second-order valence-corrected chi connectivity index (χ2v) is 5.47. The monoisotopic (exact) mass is 227 g/mol. The van der Waals surface area contributed by atoms with Gasteiger partial charge in [-0.25, -0.2) is 0 Å². The van der Waals surface area contributed by atoms with Crippen LogP contribution in [0.4, 0.5) is 0 Å². The molecule has 1 heterocycles. The van der Waals surface area contributed by atoms with Crippen molar-refractivity contribution in [2.75, 3.05) is 33.2 Å². The standard InChI is InChI=1S/C13H29N3/c1-11(2)16(8-6-14-4)7-5-13-9-12(3)10-15-13/h11-15H,5-10H2,1-4H3. The molecule has 0 aliphatic carbocycles. The Morgan fingerprint density at radius 3 is 2.62 bits per heavy atom. The molecule has 96 valence electrons. The molecular formula is C13H29N3. The van der Waals surface area contributed by atoms with E-state index < -0.39 is 0 Å². The van der Waals surface area contributed by atoms with Gasteiger partial charge in [0.2, 0.25) is 0 Å². The summed E-state index contributed by atoms with van der Waals surface area (Å²) in [7, 11) is 2.03. The fourth-order valence-electron chi connectivity index (χ4n) is 2.45. The maximum Gasteiger partial charge on any atom is 0.0109 e. The molecule has 2 atom stereocenters. The molecule has 1 aliphatic heterocycles. The minimum atomic E-state index is 0.659. The first kappa shape index (κ1) is 13.9. The Morgan fingerprint density at radius 1 is 1.38 bits per heavy atom. The van der Waals surface area contributed by atoms with Gasteiger partial charge < -0.3 is 10.6 Å². The SMILES string of the molecule is CNCCN(CCC1CC(C)CN1)C(C)C. The number of hydrogen-bond donors (Lipinski definition) is 2. The number of rotatable bonds is 7. The van der Waals surface area contributed by atoms with Crippen molar-refractivity contribution in [2.24, 2.45) is 5.92 Å². The van der Waals surface area contributed by atoms with Crippen LogP contribution in [0.25, 0.3) is 0 Å². The molecule has 0 aromatic rings. The summed E-state index contributed by atoms with van der Waals surface area (Å²) in [6, 6.07) is 1.41. The molecule has 0 radical (unpaired) electrons. The van der Waals surface area contributed by atoms with Gasteiger partial charge in [0.25, 0.3) is 0 Å². The summed E-state index contributed by atoms with van der Waals surface area (Å²) in [6.45, 7) is 11.6. The van der Waals surface area contributed by atoms with Crippen LogP contribution in [0.15, 0.2) is 0 Å². The summed E-state index contributed by atoms with van der Waals surface area (Å²) < 4.78 is 0. The highest BCUT2D eigenvalue weighted by Crippen LogP contribution is 2.16. The maximum atomic E-state index is 3.61. The minimum Gasteiger partial charge on any atom is -0.318 e. The lowest BCUT2D eigenvalue weighted by molar-refractivity contribution is 0.213. The van der Waals surface area contributed by atoms with E-state index in [0.29, 0.717) is 6.04 Å². The summed E-state index contributed by atoms with van der Waals surface area (Å²) in [4.78, 5) is 2.57. The number of nitrogens with one attached hydrogen (secondary N) is 2. The Morgan fingerprint density at radius 2 is 2.12 bits per heavy atom. The van der Waals surface area contributed by atoms with Gasteiger partial charge >= 0.3 is 0 Å². The fourth-order valence-corrected chi connectivity index (χ4v) is 2.45. The number of likely N-dealkylation sites (N-methyl/N-ethyl adjacent to an activating group) is 1. The average Bonchev–Trinajstić information content (AvgIpc) is 2.64. The molecule has 1 aliphatic rings. The van der Waals surface area contributed by atoms with E-state index in [2.05, 4.69) is 36.3 Å². The Hall–Kier alpha value is -0.120. The quantitative estimate of drug-likeness (QED) is 0.686. The van der Waals surface area contributed by atoms with Crippen LogP contribution in [0.3, 0.4) is 0 Å². The highest BCUT2D eigenvalue weighted by molar-refractivity contribution is 4.80. The second-order valence-electron chi connectivity index (χ2n) is 5.47. The van der Waals surface area contributed by atoms with Crippen LogP contribution in [0.5, 0.6) is 0 Å².